The highest BCUT2D eigenvalue weighted by molar-refractivity contribution is 7.89. The number of amides is 1. The minimum Gasteiger partial charge on any atom is -0.355 e. The molecule has 2 aromatic heterocycles. The molecule has 32 heavy (non-hydrogen) atoms. The Morgan fingerprint density at radius 3 is 2.50 bits per heavy atom. The van der Waals surface area contributed by atoms with Crippen LogP contribution < -0.4 is 5.32 Å². The van der Waals surface area contributed by atoms with Crippen molar-refractivity contribution in [1.29, 1.82) is 0 Å². The van der Waals surface area contributed by atoms with Crippen LogP contribution in [0.25, 0.3) is 5.69 Å². The van der Waals surface area contributed by atoms with Gasteiger partial charge in [-0.25, -0.2) is 13.1 Å². The van der Waals surface area contributed by atoms with Crippen molar-refractivity contribution in [1.82, 2.24) is 19.4 Å². The summed E-state index contributed by atoms with van der Waals surface area (Å²) in [5.41, 5.74) is 1.91. The molecule has 4 rings (SSSR count). The molecule has 7 nitrogen and oxygen atoms in total. The van der Waals surface area contributed by atoms with Crippen molar-refractivity contribution < 1.29 is 13.2 Å². The molecule has 1 aliphatic rings. The van der Waals surface area contributed by atoms with E-state index in [9.17, 15) is 13.2 Å². The summed E-state index contributed by atoms with van der Waals surface area (Å²) in [7, 11) is -3.69. The first-order chi connectivity index (χ1) is 15.4. The number of benzene rings is 1. The molecule has 3 aromatic rings. The van der Waals surface area contributed by atoms with Crippen molar-refractivity contribution >= 4 is 27.3 Å². The Hall–Kier alpha value is -2.49. The van der Waals surface area contributed by atoms with Gasteiger partial charge in [-0.15, -0.1) is 11.3 Å². The van der Waals surface area contributed by atoms with E-state index in [1.165, 1.54) is 9.18 Å². The maximum atomic E-state index is 13.4. The average Bonchev–Trinajstić information content (AvgIpc) is 3.42. The summed E-state index contributed by atoms with van der Waals surface area (Å²) < 4.78 is 30.0. The summed E-state index contributed by atoms with van der Waals surface area (Å²) in [5, 5.41) is 9.52. The van der Waals surface area contributed by atoms with Crippen LogP contribution in [-0.4, -0.2) is 48.0 Å². The maximum Gasteiger partial charge on any atom is 0.246 e. The molecule has 0 spiro atoms. The van der Waals surface area contributed by atoms with E-state index in [4.69, 9.17) is 0 Å². The molecule has 1 saturated heterocycles. The SMILES string of the molecule is Cc1nn(-c2ccccc2)c(C)c1S(=O)(=O)N1CCC(C(=O)NCCc2cccs2)CC1. The van der Waals surface area contributed by atoms with Gasteiger partial charge in [0.2, 0.25) is 15.9 Å². The third-order valence-corrected chi connectivity index (χ3v) is 8.99. The maximum absolute atomic E-state index is 13.4. The Morgan fingerprint density at radius 1 is 1.12 bits per heavy atom. The van der Waals surface area contributed by atoms with Crippen molar-refractivity contribution in [2.75, 3.05) is 19.6 Å². The molecule has 0 unspecified atom stereocenters. The number of carbonyl (C=O) groups excluding carboxylic acids is 1. The lowest BCUT2D eigenvalue weighted by Gasteiger charge is -2.30. The molecule has 1 fully saturated rings. The highest BCUT2D eigenvalue weighted by Crippen LogP contribution is 2.29. The Labute approximate surface area is 193 Å². The molecule has 0 aliphatic carbocycles. The number of hydrogen-bond donors (Lipinski definition) is 1. The van der Waals surface area contributed by atoms with Gasteiger partial charge in [-0.1, -0.05) is 24.3 Å². The number of thiophene rings is 1. The van der Waals surface area contributed by atoms with Crippen LogP contribution >= 0.6 is 11.3 Å². The fourth-order valence-electron chi connectivity index (χ4n) is 4.22. The minimum atomic E-state index is -3.69. The van der Waals surface area contributed by atoms with Crippen molar-refractivity contribution in [3.05, 3.63) is 64.1 Å². The molecular weight excluding hydrogens is 444 g/mol. The molecule has 1 aromatic carbocycles. The second kappa shape index (κ2) is 9.56. The first kappa shape index (κ1) is 22.7. The monoisotopic (exact) mass is 472 g/mol. The Bertz CT molecular complexity index is 1160. The summed E-state index contributed by atoms with van der Waals surface area (Å²) in [5.74, 6) is -0.137. The van der Waals surface area contributed by atoms with Crippen LogP contribution in [0.4, 0.5) is 0 Å². The van der Waals surface area contributed by atoms with E-state index in [2.05, 4.69) is 16.5 Å². The van der Waals surface area contributed by atoms with Crippen molar-refractivity contribution in [3.63, 3.8) is 0 Å². The van der Waals surface area contributed by atoms with E-state index in [1.54, 1.807) is 29.9 Å². The van der Waals surface area contributed by atoms with Crippen LogP contribution in [0.5, 0.6) is 0 Å². The molecule has 1 amide bonds. The van der Waals surface area contributed by atoms with Crippen LogP contribution in [0, 0.1) is 19.8 Å². The zero-order valence-corrected chi connectivity index (χ0v) is 20.0. The minimum absolute atomic E-state index is 0.0165. The quantitative estimate of drug-likeness (QED) is 0.572. The first-order valence-electron chi connectivity index (χ1n) is 10.8. The number of rotatable bonds is 7. The number of para-hydroxylation sites is 1. The molecule has 3 heterocycles. The van der Waals surface area contributed by atoms with Gasteiger partial charge < -0.3 is 5.32 Å². The lowest BCUT2D eigenvalue weighted by Crippen LogP contribution is -2.43. The Morgan fingerprint density at radius 2 is 1.84 bits per heavy atom. The molecule has 1 aliphatic heterocycles. The Balaban J connectivity index is 1.40. The average molecular weight is 473 g/mol. The predicted octanol–water partition coefficient (Wildman–Crippen LogP) is 3.31. The summed E-state index contributed by atoms with van der Waals surface area (Å²) in [6, 6.07) is 13.6. The van der Waals surface area contributed by atoms with Gasteiger partial charge in [0.15, 0.2) is 0 Å². The van der Waals surface area contributed by atoms with Gasteiger partial charge in [-0.3, -0.25) is 4.79 Å². The third kappa shape index (κ3) is 4.65. The molecular formula is C23H28N4O3S2. The topological polar surface area (TPSA) is 84.3 Å². The molecule has 0 bridgehead atoms. The number of aromatic nitrogens is 2. The van der Waals surface area contributed by atoms with Gasteiger partial charge in [0, 0.05) is 30.4 Å². The molecule has 0 saturated carbocycles. The van der Waals surface area contributed by atoms with Crippen molar-refractivity contribution in [2.24, 2.45) is 5.92 Å². The zero-order chi connectivity index (χ0) is 22.7. The molecule has 0 radical (unpaired) electrons. The summed E-state index contributed by atoms with van der Waals surface area (Å²) in [4.78, 5) is 14.0. The number of carbonyl (C=O) groups is 1. The molecule has 0 atom stereocenters. The smallest absolute Gasteiger partial charge is 0.246 e. The van der Waals surface area contributed by atoms with Gasteiger partial charge in [0.25, 0.3) is 0 Å². The number of aryl methyl sites for hydroxylation is 1. The van der Waals surface area contributed by atoms with E-state index in [0.717, 1.165) is 12.1 Å². The second-order valence-corrected chi connectivity index (χ2v) is 11.0. The number of sulfonamides is 1. The number of hydrogen-bond acceptors (Lipinski definition) is 5. The number of nitrogens with one attached hydrogen (secondary N) is 1. The molecule has 170 valence electrons. The highest BCUT2D eigenvalue weighted by atomic mass is 32.2. The van der Waals surface area contributed by atoms with Gasteiger partial charge in [0.1, 0.15) is 4.90 Å². The zero-order valence-electron chi connectivity index (χ0n) is 18.3. The summed E-state index contributed by atoms with van der Waals surface area (Å²) in [6.45, 7) is 4.79. The fourth-order valence-corrected chi connectivity index (χ4v) is 6.75. The highest BCUT2D eigenvalue weighted by Gasteiger charge is 2.35. The Kier molecular flexibility index (Phi) is 6.78. The van der Waals surface area contributed by atoms with Gasteiger partial charge in [-0.05, 0) is 56.7 Å². The lowest BCUT2D eigenvalue weighted by molar-refractivity contribution is -0.126. The van der Waals surface area contributed by atoms with E-state index < -0.39 is 10.0 Å². The van der Waals surface area contributed by atoms with Crippen LogP contribution in [-0.2, 0) is 21.2 Å². The van der Waals surface area contributed by atoms with Crippen LogP contribution in [0.1, 0.15) is 29.1 Å². The fraction of sp³-hybridized carbons (Fsp3) is 0.391. The summed E-state index contributed by atoms with van der Waals surface area (Å²) >= 11 is 1.68. The lowest BCUT2D eigenvalue weighted by atomic mass is 9.97. The second-order valence-electron chi connectivity index (χ2n) is 8.05. The first-order valence-corrected chi connectivity index (χ1v) is 13.1. The third-order valence-electron chi connectivity index (χ3n) is 5.90. The standard InChI is InChI=1S/C23H28N4O3S2/c1-17-22(18(2)27(25-17)20-7-4-3-5-8-20)32(29,30)26-14-11-19(12-15-26)23(28)24-13-10-21-9-6-16-31-21/h3-9,16,19H,10-15H2,1-2H3,(H,24,28). The molecule has 1 N–H and O–H groups in total. The van der Waals surface area contributed by atoms with E-state index in [0.29, 0.717) is 43.9 Å². The van der Waals surface area contributed by atoms with Crippen LogP contribution in [0.3, 0.4) is 0 Å². The van der Waals surface area contributed by atoms with Crippen molar-refractivity contribution in [2.45, 2.75) is 38.0 Å². The van der Waals surface area contributed by atoms with Crippen molar-refractivity contribution in [3.8, 4) is 5.69 Å². The normalized spacial score (nSPS) is 15.7. The van der Waals surface area contributed by atoms with Gasteiger partial charge in [-0.2, -0.15) is 9.40 Å². The number of nitrogens with zero attached hydrogens (tertiary/aromatic N) is 3. The number of piperidine rings is 1. The van der Waals surface area contributed by atoms with Gasteiger partial charge >= 0.3 is 0 Å². The van der Waals surface area contributed by atoms with E-state index in [-0.39, 0.29) is 16.7 Å². The van der Waals surface area contributed by atoms with E-state index >= 15 is 0 Å². The van der Waals surface area contributed by atoms with Crippen LogP contribution in [0.2, 0.25) is 0 Å². The van der Waals surface area contributed by atoms with E-state index in [1.807, 2.05) is 41.8 Å². The van der Waals surface area contributed by atoms with Crippen LogP contribution in [0.15, 0.2) is 52.7 Å². The largest absolute Gasteiger partial charge is 0.355 e. The van der Waals surface area contributed by atoms with Gasteiger partial charge in [0.05, 0.1) is 17.1 Å². The summed E-state index contributed by atoms with van der Waals surface area (Å²) in [6.07, 6.45) is 1.87. The predicted molar refractivity (Wildman–Crippen MR) is 126 cm³/mol. The molecule has 9 heteroatoms.